The van der Waals surface area contributed by atoms with Gasteiger partial charge in [-0.2, -0.15) is 0 Å². The van der Waals surface area contributed by atoms with Crippen LogP contribution in [0.3, 0.4) is 0 Å². The van der Waals surface area contributed by atoms with Gasteiger partial charge < -0.3 is 15.9 Å². The van der Waals surface area contributed by atoms with E-state index in [1.165, 1.54) is 0 Å². The first-order valence-electron chi connectivity index (χ1n) is 5.93. The molecule has 0 aliphatic rings. The van der Waals surface area contributed by atoms with Crippen LogP contribution >= 0.6 is 0 Å². The lowest BCUT2D eigenvalue weighted by Crippen LogP contribution is -2.28. The minimum absolute atomic E-state index is 0.162. The number of hydrogen-bond donors (Lipinski definition) is 3. The van der Waals surface area contributed by atoms with Gasteiger partial charge in [0.2, 0.25) is 0 Å². The number of phenolic OH excluding ortho intramolecular Hbond substituents is 1. The van der Waals surface area contributed by atoms with Crippen LogP contribution in [0, 0.1) is 0 Å². The Labute approximate surface area is 107 Å². The van der Waals surface area contributed by atoms with Gasteiger partial charge in [0.05, 0.1) is 12.1 Å². The summed E-state index contributed by atoms with van der Waals surface area (Å²) in [6, 6.07) is 15.9. The summed E-state index contributed by atoms with van der Waals surface area (Å²) in [4.78, 5) is 0. The molecule has 0 radical (unpaired) electrons. The molecule has 0 amide bonds. The average molecular weight is 243 g/mol. The van der Waals surface area contributed by atoms with Gasteiger partial charge >= 0.3 is 0 Å². The summed E-state index contributed by atoms with van der Waals surface area (Å²) in [5.41, 5.74) is 7.77. The van der Waals surface area contributed by atoms with Crippen molar-refractivity contribution in [2.75, 3.05) is 0 Å². The molecule has 2 aromatic carbocycles. The van der Waals surface area contributed by atoms with E-state index in [0.717, 1.165) is 11.1 Å². The molecule has 0 spiro atoms. The fourth-order valence-electron chi connectivity index (χ4n) is 1.94. The Morgan fingerprint density at radius 2 is 1.72 bits per heavy atom. The molecule has 0 bridgehead atoms. The summed E-state index contributed by atoms with van der Waals surface area (Å²) in [5.74, 6) is 0.162. The number of rotatable bonds is 4. The van der Waals surface area contributed by atoms with Crippen molar-refractivity contribution in [1.29, 1.82) is 0 Å². The first kappa shape index (κ1) is 12.6. The second-order valence-corrected chi connectivity index (χ2v) is 4.38. The third-order valence-electron chi connectivity index (χ3n) is 2.96. The standard InChI is InChI=1S/C15H17NO2/c16-15(12-7-4-8-13(17)10-12)14(18)9-11-5-2-1-3-6-11/h1-8,10,14-15,17-18H,9,16H2/t14-,15+/m1/s1. The van der Waals surface area contributed by atoms with E-state index in [2.05, 4.69) is 0 Å². The highest BCUT2D eigenvalue weighted by Crippen LogP contribution is 2.21. The molecule has 0 fully saturated rings. The van der Waals surface area contributed by atoms with Gasteiger partial charge in [0.25, 0.3) is 0 Å². The average Bonchev–Trinajstić information content (AvgIpc) is 2.39. The van der Waals surface area contributed by atoms with Gasteiger partial charge in [0, 0.05) is 6.42 Å². The van der Waals surface area contributed by atoms with E-state index in [1.807, 2.05) is 30.3 Å². The maximum atomic E-state index is 10.1. The molecule has 0 saturated heterocycles. The van der Waals surface area contributed by atoms with Crippen molar-refractivity contribution in [3.05, 3.63) is 65.7 Å². The fraction of sp³-hybridized carbons (Fsp3) is 0.200. The Kier molecular flexibility index (Phi) is 3.97. The topological polar surface area (TPSA) is 66.5 Å². The smallest absolute Gasteiger partial charge is 0.115 e. The Morgan fingerprint density at radius 1 is 1.00 bits per heavy atom. The van der Waals surface area contributed by atoms with E-state index >= 15 is 0 Å². The third kappa shape index (κ3) is 3.09. The van der Waals surface area contributed by atoms with Crippen molar-refractivity contribution in [3.63, 3.8) is 0 Å². The summed E-state index contributed by atoms with van der Waals surface area (Å²) in [7, 11) is 0. The molecule has 0 saturated carbocycles. The molecule has 2 rings (SSSR count). The monoisotopic (exact) mass is 243 g/mol. The van der Waals surface area contributed by atoms with Crippen molar-refractivity contribution < 1.29 is 10.2 Å². The molecule has 3 heteroatoms. The number of benzene rings is 2. The minimum Gasteiger partial charge on any atom is -0.508 e. The van der Waals surface area contributed by atoms with Gasteiger partial charge in [0.1, 0.15) is 5.75 Å². The normalized spacial score (nSPS) is 14.1. The molecule has 0 unspecified atom stereocenters. The van der Waals surface area contributed by atoms with Crippen molar-refractivity contribution >= 4 is 0 Å². The maximum absolute atomic E-state index is 10.1. The number of hydrogen-bond acceptors (Lipinski definition) is 3. The molecule has 2 aromatic rings. The number of aromatic hydroxyl groups is 1. The van der Waals surface area contributed by atoms with E-state index in [4.69, 9.17) is 5.73 Å². The molecule has 4 N–H and O–H groups in total. The number of phenols is 1. The van der Waals surface area contributed by atoms with Crippen LogP contribution in [0.4, 0.5) is 0 Å². The van der Waals surface area contributed by atoms with Crippen molar-refractivity contribution in [2.45, 2.75) is 18.6 Å². The summed E-state index contributed by atoms with van der Waals surface area (Å²) in [6.45, 7) is 0. The van der Waals surface area contributed by atoms with Crippen molar-refractivity contribution in [2.24, 2.45) is 5.73 Å². The lowest BCUT2D eigenvalue weighted by molar-refractivity contribution is 0.145. The summed E-state index contributed by atoms with van der Waals surface area (Å²) < 4.78 is 0. The summed E-state index contributed by atoms with van der Waals surface area (Å²) in [6.07, 6.45) is -0.174. The van der Waals surface area contributed by atoms with Crippen LogP contribution in [0.5, 0.6) is 5.75 Å². The molecular weight excluding hydrogens is 226 g/mol. The molecule has 3 nitrogen and oxygen atoms in total. The first-order valence-corrected chi connectivity index (χ1v) is 5.93. The molecule has 0 aliphatic heterocycles. The highest BCUT2D eigenvalue weighted by molar-refractivity contribution is 5.30. The number of aliphatic hydroxyl groups is 1. The van der Waals surface area contributed by atoms with Crippen LogP contribution in [0.2, 0.25) is 0 Å². The summed E-state index contributed by atoms with van der Waals surface area (Å²) >= 11 is 0. The Hall–Kier alpha value is -1.84. The van der Waals surface area contributed by atoms with E-state index < -0.39 is 12.1 Å². The first-order chi connectivity index (χ1) is 8.66. The summed E-state index contributed by atoms with van der Waals surface area (Å²) in [5, 5.41) is 19.5. The van der Waals surface area contributed by atoms with Gasteiger partial charge in [-0.3, -0.25) is 0 Å². The number of aliphatic hydroxyl groups excluding tert-OH is 1. The lowest BCUT2D eigenvalue weighted by Gasteiger charge is -2.19. The Bertz CT molecular complexity index is 499. The largest absolute Gasteiger partial charge is 0.508 e. The van der Waals surface area contributed by atoms with Crippen LogP contribution in [-0.4, -0.2) is 16.3 Å². The number of nitrogens with two attached hydrogens (primary N) is 1. The highest BCUT2D eigenvalue weighted by atomic mass is 16.3. The molecule has 18 heavy (non-hydrogen) atoms. The van der Waals surface area contributed by atoms with Gasteiger partial charge in [-0.25, -0.2) is 0 Å². The molecule has 0 aromatic heterocycles. The van der Waals surface area contributed by atoms with Gasteiger partial charge in [0.15, 0.2) is 0 Å². The fourth-order valence-corrected chi connectivity index (χ4v) is 1.94. The van der Waals surface area contributed by atoms with E-state index in [0.29, 0.717) is 6.42 Å². The van der Waals surface area contributed by atoms with Crippen molar-refractivity contribution in [1.82, 2.24) is 0 Å². The zero-order valence-electron chi connectivity index (χ0n) is 10.0. The quantitative estimate of drug-likeness (QED) is 0.769. The highest BCUT2D eigenvalue weighted by Gasteiger charge is 2.17. The Balaban J connectivity index is 2.07. The van der Waals surface area contributed by atoms with Crippen LogP contribution in [0.25, 0.3) is 0 Å². The predicted molar refractivity (Wildman–Crippen MR) is 71.2 cm³/mol. The Morgan fingerprint density at radius 3 is 2.39 bits per heavy atom. The lowest BCUT2D eigenvalue weighted by atomic mass is 9.97. The SMILES string of the molecule is N[C@@H](c1cccc(O)c1)[C@H](O)Cc1ccccc1. The van der Waals surface area contributed by atoms with Gasteiger partial charge in [-0.1, -0.05) is 42.5 Å². The molecule has 0 aliphatic carbocycles. The molecule has 2 atom stereocenters. The zero-order valence-corrected chi connectivity index (χ0v) is 10.0. The van der Waals surface area contributed by atoms with Crippen LogP contribution in [-0.2, 0) is 6.42 Å². The van der Waals surface area contributed by atoms with Gasteiger partial charge in [-0.15, -0.1) is 0 Å². The minimum atomic E-state index is -0.672. The van der Waals surface area contributed by atoms with Crippen molar-refractivity contribution in [3.8, 4) is 5.75 Å². The van der Waals surface area contributed by atoms with E-state index in [1.54, 1.807) is 24.3 Å². The van der Waals surface area contributed by atoms with Crippen LogP contribution in [0.1, 0.15) is 17.2 Å². The van der Waals surface area contributed by atoms with Crippen LogP contribution in [0.15, 0.2) is 54.6 Å². The van der Waals surface area contributed by atoms with E-state index in [-0.39, 0.29) is 5.75 Å². The third-order valence-corrected chi connectivity index (χ3v) is 2.96. The molecular formula is C15H17NO2. The second-order valence-electron chi connectivity index (χ2n) is 4.38. The van der Waals surface area contributed by atoms with Gasteiger partial charge in [-0.05, 0) is 23.3 Å². The molecule has 94 valence electrons. The predicted octanol–water partition coefficient (Wildman–Crippen LogP) is 2.00. The molecule has 0 heterocycles. The van der Waals surface area contributed by atoms with Crippen LogP contribution < -0.4 is 5.73 Å². The zero-order chi connectivity index (χ0) is 13.0. The van der Waals surface area contributed by atoms with E-state index in [9.17, 15) is 10.2 Å². The maximum Gasteiger partial charge on any atom is 0.115 e. The second kappa shape index (κ2) is 5.67.